The first kappa shape index (κ1) is 19.3. The molecule has 2 heterocycles. The van der Waals surface area contributed by atoms with Crippen LogP contribution >= 0.6 is 0 Å². The first-order valence-electron chi connectivity index (χ1n) is 8.82. The van der Waals surface area contributed by atoms with Crippen molar-refractivity contribution >= 4 is 28.6 Å². The molecule has 1 aromatic carbocycles. The number of aryl methyl sites for hydroxylation is 2. The molecule has 3 rings (SSSR count). The summed E-state index contributed by atoms with van der Waals surface area (Å²) < 4.78 is 20.1. The Morgan fingerprint density at radius 2 is 1.93 bits per heavy atom. The monoisotopic (exact) mass is 385 g/mol. The molecule has 0 aliphatic carbocycles. The molecule has 0 fully saturated rings. The number of amides is 1. The van der Waals surface area contributed by atoms with Gasteiger partial charge in [-0.1, -0.05) is 6.92 Å². The number of ether oxygens (including phenoxy) is 1. The van der Waals surface area contributed by atoms with E-state index >= 15 is 0 Å². The number of carbonyl (C=O) groups is 2. The first-order valence-corrected chi connectivity index (χ1v) is 8.82. The molecule has 8 heteroatoms. The van der Waals surface area contributed by atoms with Crippen molar-refractivity contribution in [3.8, 4) is 5.75 Å². The van der Waals surface area contributed by atoms with Gasteiger partial charge >= 0.3 is 5.97 Å². The molecular formula is C20H20FN3O4. The molecule has 0 spiro atoms. The summed E-state index contributed by atoms with van der Waals surface area (Å²) in [5, 5.41) is 12.8. The number of carboxylic acids is 1. The summed E-state index contributed by atoms with van der Waals surface area (Å²) in [6.45, 7) is 3.92. The maximum atomic E-state index is 13.1. The van der Waals surface area contributed by atoms with Crippen LogP contribution in [-0.4, -0.2) is 33.1 Å². The highest BCUT2D eigenvalue weighted by Crippen LogP contribution is 2.35. The maximum absolute atomic E-state index is 13.1. The van der Waals surface area contributed by atoms with Gasteiger partial charge in [0, 0.05) is 12.6 Å². The standard InChI is InChI=1S/C20H20FN3O4/c1-4-14-15(23-19(25)11-6-8-12(21)9-7-11)10-13-17(28-5-2)16(20(26)27)24(3)18(13)22-14/h6-10H,4-5H2,1-3H3,(H,23,25)(H,26,27). The van der Waals surface area contributed by atoms with Gasteiger partial charge in [0.05, 0.1) is 23.4 Å². The van der Waals surface area contributed by atoms with Crippen LogP contribution in [0.1, 0.15) is 40.4 Å². The number of aromatic nitrogens is 2. The molecule has 3 aromatic rings. The number of rotatable bonds is 6. The van der Waals surface area contributed by atoms with Crippen molar-refractivity contribution in [1.29, 1.82) is 0 Å². The molecule has 28 heavy (non-hydrogen) atoms. The maximum Gasteiger partial charge on any atom is 0.356 e. The van der Waals surface area contributed by atoms with Crippen molar-refractivity contribution in [2.24, 2.45) is 7.05 Å². The van der Waals surface area contributed by atoms with Crippen LogP contribution in [-0.2, 0) is 13.5 Å². The zero-order valence-electron chi connectivity index (χ0n) is 15.7. The Morgan fingerprint density at radius 1 is 1.25 bits per heavy atom. The third kappa shape index (κ3) is 3.40. The fraction of sp³-hybridized carbons (Fsp3) is 0.250. The lowest BCUT2D eigenvalue weighted by Gasteiger charge is -2.11. The summed E-state index contributed by atoms with van der Waals surface area (Å²) >= 11 is 0. The van der Waals surface area contributed by atoms with E-state index in [-0.39, 0.29) is 18.1 Å². The molecule has 2 N–H and O–H groups in total. The smallest absolute Gasteiger partial charge is 0.356 e. The Balaban J connectivity index is 2.11. The third-order valence-electron chi connectivity index (χ3n) is 4.37. The number of benzene rings is 1. The van der Waals surface area contributed by atoms with Crippen LogP contribution in [0.3, 0.4) is 0 Å². The largest absolute Gasteiger partial charge is 0.491 e. The number of aromatic carboxylic acids is 1. The minimum atomic E-state index is -1.13. The summed E-state index contributed by atoms with van der Waals surface area (Å²) in [7, 11) is 1.61. The molecule has 146 valence electrons. The molecule has 0 aliphatic rings. The van der Waals surface area contributed by atoms with Crippen molar-refractivity contribution in [3.63, 3.8) is 0 Å². The van der Waals surface area contributed by atoms with Gasteiger partial charge in [-0.3, -0.25) is 4.79 Å². The molecule has 0 atom stereocenters. The first-order chi connectivity index (χ1) is 13.4. The van der Waals surface area contributed by atoms with Crippen LogP contribution in [0.2, 0.25) is 0 Å². The van der Waals surface area contributed by atoms with E-state index in [4.69, 9.17) is 4.74 Å². The van der Waals surface area contributed by atoms with Crippen molar-refractivity contribution in [2.75, 3.05) is 11.9 Å². The Bertz CT molecular complexity index is 1060. The van der Waals surface area contributed by atoms with E-state index in [0.29, 0.717) is 34.4 Å². The number of nitrogens with zero attached hydrogens (tertiary/aromatic N) is 2. The molecule has 7 nitrogen and oxygen atoms in total. The summed E-state index contributed by atoms with van der Waals surface area (Å²) in [5.41, 5.74) is 1.80. The lowest BCUT2D eigenvalue weighted by Crippen LogP contribution is -2.14. The molecular weight excluding hydrogens is 365 g/mol. The van der Waals surface area contributed by atoms with Gasteiger partial charge in [-0.2, -0.15) is 0 Å². The van der Waals surface area contributed by atoms with E-state index in [0.717, 1.165) is 0 Å². The summed E-state index contributed by atoms with van der Waals surface area (Å²) in [4.78, 5) is 28.8. The Kier molecular flexibility index (Phi) is 5.30. The Hall–Kier alpha value is -3.42. The fourth-order valence-electron chi connectivity index (χ4n) is 3.05. The van der Waals surface area contributed by atoms with E-state index < -0.39 is 17.7 Å². The molecule has 0 radical (unpaired) electrons. The second-order valence-electron chi connectivity index (χ2n) is 6.14. The van der Waals surface area contributed by atoms with Crippen LogP contribution < -0.4 is 10.1 Å². The minimum Gasteiger partial charge on any atom is -0.491 e. The van der Waals surface area contributed by atoms with E-state index in [9.17, 15) is 19.1 Å². The minimum absolute atomic E-state index is 0.00610. The van der Waals surface area contributed by atoms with Crippen molar-refractivity contribution in [3.05, 3.63) is 53.1 Å². The molecule has 2 aromatic heterocycles. The molecule has 0 bridgehead atoms. The lowest BCUT2D eigenvalue weighted by molar-refractivity contribution is 0.0682. The van der Waals surface area contributed by atoms with E-state index in [1.54, 1.807) is 20.0 Å². The number of anilines is 1. The lowest BCUT2D eigenvalue weighted by atomic mass is 10.1. The zero-order chi connectivity index (χ0) is 20.4. The van der Waals surface area contributed by atoms with E-state index in [1.807, 2.05) is 6.92 Å². The van der Waals surface area contributed by atoms with Gasteiger partial charge in [0.1, 0.15) is 11.5 Å². The number of nitrogens with one attached hydrogen (secondary N) is 1. The average Bonchev–Trinajstić information content (AvgIpc) is 2.93. The zero-order valence-corrected chi connectivity index (χ0v) is 15.7. The molecule has 0 aliphatic heterocycles. The van der Waals surface area contributed by atoms with Crippen LogP contribution in [0.15, 0.2) is 30.3 Å². The summed E-state index contributed by atoms with van der Waals surface area (Å²) in [6.07, 6.45) is 0.520. The van der Waals surface area contributed by atoms with Gasteiger partial charge in [-0.15, -0.1) is 0 Å². The Labute approximate surface area is 160 Å². The molecule has 1 amide bonds. The molecule has 0 unspecified atom stereocenters. The number of pyridine rings is 1. The van der Waals surface area contributed by atoms with Crippen molar-refractivity contribution in [1.82, 2.24) is 9.55 Å². The molecule has 0 saturated heterocycles. The third-order valence-corrected chi connectivity index (χ3v) is 4.37. The van der Waals surface area contributed by atoms with Gasteiger partial charge in [0.2, 0.25) is 0 Å². The number of carboxylic acid groups (broad SMARTS) is 1. The number of hydrogen-bond donors (Lipinski definition) is 2. The highest BCUT2D eigenvalue weighted by atomic mass is 19.1. The van der Waals surface area contributed by atoms with Crippen LogP contribution in [0.4, 0.5) is 10.1 Å². The second-order valence-corrected chi connectivity index (χ2v) is 6.14. The average molecular weight is 385 g/mol. The van der Waals surface area contributed by atoms with Gasteiger partial charge in [0.25, 0.3) is 5.91 Å². The highest BCUT2D eigenvalue weighted by Gasteiger charge is 2.24. The number of halogens is 1. The van der Waals surface area contributed by atoms with Crippen molar-refractivity contribution in [2.45, 2.75) is 20.3 Å². The van der Waals surface area contributed by atoms with Crippen molar-refractivity contribution < 1.29 is 23.8 Å². The second kappa shape index (κ2) is 7.67. The quantitative estimate of drug-likeness (QED) is 0.676. The van der Waals surface area contributed by atoms with Crippen LogP contribution in [0.5, 0.6) is 5.75 Å². The topological polar surface area (TPSA) is 93.4 Å². The number of hydrogen-bond acceptors (Lipinski definition) is 4. The van der Waals surface area contributed by atoms with E-state index in [1.165, 1.54) is 28.8 Å². The Morgan fingerprint density at radius 3 is 2.50 bits per heavy atom. The predicted molar refractivity (Wildman–Crippen MR) is 103 cm³/mol. The van der Waals surface area contributed by atoms with Gasteiger partial charge < -0.3 is 19.7 Å². The SMILES string of the molecule is CCOc1c(C(=O)O)n(C)c2nc(CC)c(NC(=O)c3ccc(F)cc3)cc12. The predicted octanol–water partition coefficient (Wildman–Crippen LogP) is 3.62. The normalized spacial score (nSPS) is 10.9. The summed E-state index contributed by atoms with van der Waals surface area (Å²) in [5.74, 6) is -1.76. The number of fused-ring (bicyclic) bond motifs is 1. The number of carbonyl (C=O) groups excluding carboxylic acids is 1. The van der Waals surface area contributed by atoms with Crippen LogP contribution in [0, 0.1) is 5.82 Å². The van der Waals surface area contributed by atoms with Gasteiger partial charge in [0.15, 0.2) is 11.4 Å². The van der Waals surface area contributed by atoms with E-state index in [2.05, 4.69) is 10.3 Å². The molecule has 0 saturated carbocycles. The van der Waals surface area contributed by atoms with Gasteiger partial charge in [-0.25, -0.2) is 14.2 Å². The summed E-state index contributed by atoms with van der Waals surface area (Å²) in [6, 6.07) is 6.86. The van der Waals surface area contributed by atoms with Crippen LogP contribution in [0.25, 0.3) is 11.0 Å². The highest BCUT2D eigenvalue weighted by molar-refractivity contribution is 6.06. The van der Waals surface area contributed by atoms with Gasteiger partial charge in [-0.05, 0) is 43.7 Å². The fourth-order valence-corrected chi connectivity index (χ4v) is 3.05.